The van der Waals surface area contributed by atoms with E-state index in [1.54, 1.807) is 13.2 Å². The van der Waals surface area contributed by atoms with Crippen LogP contribution < -0.4 is 26.0 Å². The Kier molecular flexibility index (Phi) is 16.1. The van der Waals surface area contributed by atoms with E-state index in [1.807, 2.05) is 12.1 Å². The molecule has 10 atom stereocenters. The smallest absolute Gasteiger partial charge is 0.160 e. The molecule has 0 radical (unpaired) electrons. The molecule has 7 nitrogen and oxygen atoms in total. The highest BCUT2D eigenvalue weighted by Crippen LogP contribution is 2.68. The Labute approximate surface area is 319 Å². The lowest BCUT2D eigenvalue weighted by Crippen LogP contribution is -2.59. The number of nitrogens with one attached hydrogen (secondary N) is 4. The zero-order valence-electron chi connectivity index (χ0n) is 34.3. The molecule has 52 heavy (non-hydrogen) atoms. The third-order valence-corrected chi connectivity index (χ3v) is 15.1. The summed E-state index contributed by atoms with van der Waals surface area (Å²) < 4.78 is 5.19. The van der Waals surface area contributed by atoms with Gasteiger partial charge in [-0.25, -0.2) is 0 Å². The van der Waals surface area contributed by atoms with Crippen molar-refractivity contribution in [2.75, 3.05) is 46.4 Å². The Morgan fingerprint density at radius 2 is 1.44 bits per heavy atom. The molecule has 0 aliphatic heterocycles. The van der Waals surface area contributed by atoms with Gasteiger partial charge in [0.25, 0.3) is 0 Å². The van der Waals surface area contributed by atoms with E-state index in [0.29, 0.717) is 34.5 Å². The molecule has 4 aliphatic carbocycles. The van der Waals surface area contributed by atoms with Gasteiger partial charge in [0.1, 0.15) is 0 Å². The number of hydrogen-bond donors (Lipinski definition) is 6. The molecule has 1 aromatic carbocycles. The summed E-state index contributed by atoms with van der Waals surface area (Å²) >= 11 is 0. The standard InChI is InChI=1S/C45H80N4O3/c1-32(2)12-9-13-33(3)37-15-16-38-43-39(19-21-45(37,38)5)44(4)20-18-36(29-35(44)30-41(43)51)49-27-11-25-47-23-8-7-22-46-24-10-26-48-31-34-14-17-40(50)42(28-34)52-6/h14,17,28,32-33,35-39,41,43,46-51H,7-13,15-16,18-27,29-31H2,1-6H3/t33-,35?,36-,37?,38?,39?,41+,43?,44-,45+/m0/s1. The van der Waals surface area contributed by atoms with Crippen molar-refractivity contribution in [2.24, 2.45) is 52.3 Å². The molecule has 0 amide bonds. The normalized spacial score (nSPS) is 33.4. The maximum Gasteiger partial charge on any atom is 0.160 e. The second-order valence-electron chi connectivity index (χ2n) is 18.8. The van der Waals surface area contributed by atoms with E-state index in [-0.39, 0.29) is 11.9 Å². The minimum Gasteiger partial charge on any atom is -0.504 e. The fraction of sp³-hybridized carbons (Fsp3) is 0.867. The molecule has 7 heteroatoms. The summed E-state index contributed by atoms with van der Waals surface area (Å²) in [6, 6.07) is 6.13. The number of benzene rings is 1. The maximum absolute atomic E-state index is 11.9. The fourth-order valence-electron chi connectivity index (χ4n) is 12.1. The first kappa shape index (κ1) is 41.8. The van der Waals surface area contributed by atoms with Crippen LogP contribution in [0.25, 0.3) is 0 Å². The number of phenols is 1. The van der Waals surface area contributed by atoms with E-state index in [9.17, 15) is 10.2 Å². The number of unbranched alkanes of at least 4 members (excludes halogenated alkanes) is 1. The topological polar surface area (TPSA) is 97.8 Å². The van der Waals surface area contributed by atoms with Gasteiger partial charge in [-0.3, -0.25) is 0 Å². The van der Waals surface area contributed by atoms with Crippen molar-refractivity contribution in [3.05, 3.63) is 23.8 Å². The van der Waals surface area contributed by atoms with Crippen molar-refractivity contribution in [2.45, 2.75) is 150 Å². The molecule has 0 saturated heterocycles. The van der Waals surface area contributed by atoms with Crippen molar-refractivity contribution in [3.63, 3.8) is 0 Å². The lowest BCUT2D eigenvalue weighted by Gasteiger charge is -2.62. The van der Waals surface area contributed by atoms with Gasteiger partial charge in [0, 0.05) is 12.6 Å². The largest absolute Gasteiger partial charge is 0.504 e. The van der Waals surface area contributed by atoms with Crippen LogP contribution in [0.4, 0.5) is 0 Å². The summed E-state index contributed by atoms with van der Waals surface area (Å²) in [6.07, 6.45) is 19.3. The highest BCUT2D eigenvalue weighted by atomic mass is 16.5. The Bertz CT molecular complexity index is 1200. The van der Waals surface area contributed by atoms with Crippen LogP contribution >= 0.6 is 0 Å². The number of hydrogen-bond acceptors (Lipinski definition) is 7. The lowest BCUT2D eigenvalue weighted by molar-refractivity contribution is -0.167. The van der Waals surface area contributed by atoms with Crippen LogP contribution in [0.5, 0.6) is 11.5 Å². The highest BCUT2D eigenvalue weighted by Gasteiger charge is 2.62. The zero-order chi connectivity index (χ0) is 37.1. The summed E-state index contributed by atoms with van der Waals surface area (Å²) in [7, 11) is 1.58. The van der Waals surface area contributed by atoms with Crippen LogP contribution in [0.1, 0.15) is 136 Å². The van der Waals surface area contributed by atoms with Gasteiger partial charge >= 0.3 is 0 Å². The SMILES string of the molecule is COc1cc(CNCCCNCCCCNCCCN[C@H]2CC[C@@]3(C)C(C2)C[C@@H](O)C2C3CC[C@@]3(C)C2CCC3[C@@H](C)CCCC(C)C)ccc1O. The Morgan fingerprint density at radius 3 is 2.17 bits per heavy atom. The third-order valence-electron chi connectivity index (χ3n) is 15.1. The summed E-state index contributed by atoms with van der Waals surface area (Å²) in [5, 5.41) is 36.2. The number of aliphatic hydroxyl groups excluding tert-OH is 1. The molecule has 0 aromatic heterocycles. The van der Waals surface area contributed by atoms with Gasteiger partial charge in [-0.05, 0) is 186 Å². The van der Waals surface area contributed by atoms with Crippen LogP contribution in [0, 0.1) is 52.3 Å². The highest BCUT2D eigenvalue weighted by molar-refractivity contribution is 5.41. The molecular weight excluding hydrogens is 645 g/mol. The van der Waals surface area contributed by atoms with Gasteiger partial charge in [0.15, 0.2) is 11.5 Å². The predicted molar refractivity (Wildman–Crippen MR) is 217 cm³/mol. The molecule has 4 saturated carbocycles. The maximum atomic E-state index is 11.9. The second-order valence-corrected chi connectivity index (χ2v) is 18.8. The summed E-state index contributed by atoms with van der Waals surface area (Å²) in [5.74, 6) is 5.88. The summed E-state index contributed by atoms with van der Waals surface area (Å²) in [5.41, 5.74) is 1.98. The van der Waals surface area contributed by atoms with Gasteiger partial charge in [-0.2, -0.15) is 0 Å². The Balaban J connectivity index is 0.902. The van der Waals surface area contributed by atoms with Crippen molar-refractivity contribution in [3.8, 4) is 11.5 Å². The number of ether oxygens (including phenoxy) is 1. The number of phenolic OH excluding ortho intramolecular Hbond substituents is 1. The molecule has 6 N–H and O–H groups in total. The minimum atomic E-state index is -0.0918. The van der Waals surface area contributed by atoms with Gasteiger partial charge in [-0.15, -0.1) is 0 Å². The van der Waals surface area contributed by atoms with Crippen LogP contribution in [-0.4, -0.2) is 68.7 Å². The first-order chi connectivity index (χ1) is 25.1. The molecule has 0 spiro atoms. The molecule has 4 fully saturated rings. The zero-order valence-corrected chi connectivity index (χ0v) is 34.3. The molecule has 298 valence electrons. The summed E-state index contributed by atoms with van der Waals surface area (Å²) in [4.78, 5) is 0. The first-order valence-electron chi connectivity index (χ1n) is 22.0. The minimum absolute atomic E-state index is 0.0918. The molecule has 0 bridgehead atoms. The summed E-state index contributed by atoms with van der Waals surface area (Å²) in [6.45, 7) is 19.7. The Hall–Kier alpha value is -1.38. The van der Waals surface area contributed by atoms with Crippen molar-refractivity contribution in [1.29, 1.82) is 0 Å². The first-order valence-corrected chi connectivity index (χ1v) is 22.0. The van der Waals surface area contributed by atoms with Gasteiger partial charge in [0.05, 0.1) is 13.2 Å². The number of rotatable bonds is 22. The third kappa shape index (κ3) is 10.5. The van der Waals surface area contributed by atoms with Crippen LogP contribution in [0.3, 0.4) is 0 Å². The van der Waals surface area contributed by atoms with Crippen molar-refractivity contribution in [1.82, 2.24) is 21.3 Å². The quantitative estimate of drug-likeness (QED) is 0.0671. The average molecular weight is 725 g/mol. The average Bonchev–Trinajstić information content (AvgIpc) is 3.48. The molecule has 1 aromatic rings. The Morgan fingerprint density at radius 1 is 0.769 bits per heavy atom. The number of methoxy groups -OCH3 is 1. The van der Waals surface area contributed by atoms with Crippen LogP contribution in [0.2, 0.25) is 0 Å². The predicted octanol–water partition coefficient (Wildman–Crippen LogP) is 8.28. The molecule has 5 unspecified atom stereocenters. The van der Waals surface area contributed by atoms with Crippen molar-refractivity contribution >= 4 is 0 Å². The fourth-order valence-corrected chi connectivity index (χ4v) is 12.1. The molecule has 4 aliphatic rings. The number of aliphatic hydroxyl groups is 1. The van der Waals surface area contributed by atoms with E-state index >= 15 is 0 Å². The van der Waals surface area contributed by atoms with E-state index in [1.165, 1.54) is 83.5 Å². The van der Waals surface area contributed by atoms with Gasteiger partial charge in [0.2, 0.25) is 0 Å². The molecule has 5 rings (SSSR count). The number of aromatic hydroxyl groups is 1. The van der Waals surface area contributed by atoms with E-state index in [0.717, 1.165) is 93.8 Å². The monoisotopic (exact) mass is 725 g/mol. The van der Waals surface area contributed by atoms with E-state index < -0.39 is 0 Å². The molecule has 0 heterocycles. The van der Waals surface area contributed by atoms with Crippen LogP contribution in [-0.2, 0) is 6.54 Å². The van der Waals surface area contributed by atoms with Crippen LogP contribution in [0.15, 0.2) is 18.2 Å². The van der Waals surface area contributed by atoms with Gasteiger partial charge in [-0.1, -0.05) is 59.9 Å². The second kappa shape index (κ2) is 20.0. The van der Waals surface area contributed by atoms with E-state index in [4.69, 9.17) is 4.74 Å². The van der Waals surface area contributed by atoms with Gasteiger partial charge < -0.3 is 36.2 Å². The lowest BCUT2D eigenvalue weighted by atomic mass is 9.43. The molecular formula is C45H80N4O3. The number of fused-ring (bicyclic) bond motifs is 5. The van der Waals surface area contributed by atoms with Crippen molar-refractivity contribution < 1.29 is 14.9 Å². The van der Waals surface area contributed by atoms with E-state index in [2.05, 4.69) is 55.9 Å².